The number of ether oxygens (including phenoxy) is 2. The molecular weight excluding hydrogens is 620 g/mol. The minimum absolute atomic E-state index is 0.128. The molecule has 0 saturated heterocycles. The van der Waals surface area contributed by atoms with Crippen LogP contribution in [0.2, 0.25) is 0 Å². The third-order valence-corrected chi connectivity index (χ3v) is 9.08. The van der Waals surface area contributed by atoms with Crippen LogP contribution in [0.4, 0.5) is 0 Å². The van der Waals surface area contributed by atoms with Gasteiger partial charge >= 0.3 is 11.9 Å². The topological polar surface area (TPSA) is 72.8 Å². The quantitative estimate of drug-likeness (QED) is 0.0394. The van der Waals surface area contributed by atoms with Crippen LogP contribution in [-0.2, 0) is 19.1 Å². The van der Waals surface area contributed by atoms with Gasteiger partial charge in [0.05, 0.1) is 0 Å². The first-order chi connectivity index (χ1) is 24.6. The van der Waals surface area contributed by atoms with Crippen LogP contribution in [-0.4, -0.2) is 36.4 Å². The highest BCUT2D eigenvalue weighted by Crippen LogP contribution is 2.15. The molecule has 0 aliphatic heterocycles. The molecule has 0 unspecified atom stereocenters. The molecule has 290 valence electrons. The van der Waals surface area contributed by atoms with E-state index < -0.39 is 6.10 Å². The highest BCUT2D eigenvalue weighted by atomic mass is 16.6. The Hall–Kier alpha value is -2.14. The molecule has 0 aromatic carbocycles. The standard InChI is InChI=1S/C45H80O5/c1-3-5-7-9-11-13-15-17-19-20-21-22-23-24-26-28-30-32-34-36-38-40-45(48)50-42-43(46)41-49-44(47)39-37-35-33-31-29-27-25-18-16-14-12-10-8-6-4-2/h6,8,12,14,18,25,29,31,43,46H,3-5,7,9-11,13,15-17,19-24,26-28,30,32-42H2,1-2H3/b8-6-,14-12-,25-18-,31-29-/t43-/m0/s1. The number of carbonyl (C=O) groups is 2. The summed E-state index contributed by atoms with van der Waals surface area (Å²) in [6.07, 6.45) is 51.8. The van der Waals surface area contributed by atoms with Crippen molar-refractivity contribution in [3.63, 3.8) is 0 Å². The van der Waals surface area contributed by atoms with Crippen molar-refractivity contribution in [1.82, 2.24) is 0 Å². The van der Waals surface area contributed by atoms with E-state index in [1.165, 1.54) is 116 Å². The first-order valence-corrected chi connectivity index (χ1v) is 21.2. The van der Waals surface area contributed by atoms with Gasteiger partial charge in [-0.15, -0.1) is 0 Å². The number of aliphatic hydroxyl groups excluding tert-OH is 1. The first kappa shape index (κ1) is 47.9. The first-order valence-electron chi connectivity index (χ1n) is 21.2. The van der Waals surface area contributed by atoms with E-state index in [2.05, 4.69) is 62.5 Å². The van der Waals surface area contributed by atoms with Crippen molar-refractivity contribution in [2.45, 2.75) is 213 Å². The molecule has 0 radical (unpaired) electrons. The smallest absolute Gasteiger partial charge is 0.305 e. The normalized spacial score (nSPS) is 12.6. The van der Waals surface area contributed by atoms with E-state index in [9.17, 15) is 14.7 Å². The molecule has 5 heteroatoms. The molecule has 0 heterocycles. The summed E-state index contributed by atoms with van der Waals surface area (Å²) in [5.74, 6) is -0.607. The number of carbonyl (C=O) groups excluding carboxylic acids is 2. The molecule has 0 saturated carbocycles. The minimum atomic E-state index is -0.980. The Morgan fingerprint density at radius 2 is 0.760 bits per heavy atom. The Morgan fingerprint density at radius 3 is 1.14 bits per heavy atom. The Balaban J connectivity index is 3.44. The van der Waals surface area contributed by atoms with Crippen molar-refractivity contribution in [2.75, 3.05) is 13.2 Å². The third kappa shape index (κ3) is 40.3. The molecule has 0 aliphatic rings. The summed E-state index contributed by atoms with van der Waals surface area (Å²) in [5, 5.41) is 10.0. The van der Waals surface area contributed by atoms with Gasteiger partial charge in [0.25, 0.3) is 0 Å². The average Bonchev–Trinajstić information content (AvgIpc) is 3.12. The molecule has 1 atom stereocenters. The van der Waals surface area contributed by atoms with E-state index in [1.807, 2.05) is 0 Å². The molecule has 1 N–H and O–H groups in total. The van der Waals surface area contributed by atoms with Crippen molar-refractivity contribution in [3.05, 3.63) is 48.6 Å². The zero-order chi connectivity index (χ0) is 36.4. The molecule has 0 fully saturated rings. The van der Waals surface area contributed by atoms with Gasteiger partial charge in [-0.3, -0.25) is 9.59 Å². The average molecular weight is 701 g/mol. The summed E-state index contributed by atoms with van der Waals surface area (Å²) < 4.78 is 10.3. The fourth-order valence-corrected chi connectivity index (χ4v) is 5.90. The number of hydrogen-bond acceptors (Lipinski definition) is 5. The highest BCUT2D eigenvalue weighted by Gasteiger charge is 2.12. The number of aliphatic hydroxyl groups is 1. The Labute approximate surface area is 309 Å². The molecule has 0 aliphatic carbocycles. The summed E-state index contributed by atoms with van der Waals surface area (Å²) in [6, 6.07) is 0. The van der Waals surface area contributed by atoms with Crippen molar-refractivity contribution in [1.29, 1.82) is 0 Å². The van der Waals surface area contributed by atoms with Crippen LogP contribution in [0.5, 0.6) is 0 Å². The minimum Gasteiger partial charge on any atom is -0.463 e. The van der Waals surface area contributed by atoms with Crippen molar-refractivity contribution in [3.8, 4) is 0 Å². The number of allylic oxidation sites excluding steroid dienone is 8. The second-order valence-corrected chi connectivity index (χ2v) is 14.1. The van der Waals surface area contributed by atoms with Crippen LogP contribution in [0.1, 0.15) is 206 Å². The van der Waals surface area contributed by atoms with E-state index in [0.29, 0.717) is 12.8 Å². The molecule has 0 spiro atoms. The lowest BCUT2D eigenvalue weighted by Crippen LogP contribution is -2.25. The molecular formula is C45H80O5. The Kier molecular flexibility index (Phi) is 39.5. The molecule has 0 amide bonds. The van der Waals surface area contributed by atoms with Gasteiger partial charge in [-0.25, -0.2) is 0 Å². The van der Waals surface area contributed by atoms with Crippen LogP contribution in [0.3, 0.4) is 0 Å². The molecule has 50 heavy (non-hydrogen) atoms. The van der Waals surface area contributed by atoms with Gasteiger partial charge in [-0.1, -0.05) is 191 Å². The largest absolute Gasteiger partial charge is 0.463 e. The lowest BCUT2D eigenvalue weighted by Gasteiger charge is -2.12. The van der Waals surface area contributed by atoms with E-state index in [-0.39, 0.29) is 25.2 Å². The molecule has 0 aromatic rings. The van der Waals surface area contributed by atoms with E-state index >= 15 is 0 Å². The van der Waals surface area contributed by atoms with Gasteiger partial charge in [0.15, 0.2) is 0 Å². The number of esters is 2. The van der Waals surface area contributed by atoms with E-state index in [1.54, 1.807) is 0 Å². The lowest BCUT2D eigenvalue weighted by molar-refractivity contribution is -0.152. The van der Waals surface area contributed by atoms with Crippen molar-refractivity contribution < 1.29 is 24.2 Å². The Morgan fingerprint density at radius 1 is 0.440 bits per heavy atom. The maximum Gasteiger partial charge on any atom is 0.305 e. The fourth-order valence-electron chi connectivity index (χ4n) is 5.90. The zero-order valence-corrected chi connectivity index (χ0v) is 32.9. The second-order valence-electron chi connectivity index (χ2n) is 14.1. The van der Waals surface area contributed by atoms with Crippen LogP contribution >= 0.6 is 0 Å². The van der Waals surface area contributed by atoms with Gasteiger partial charge in [0.1, 0.15) is 19.3 Å². The number of unbranched alkanes of at least 4 members (excludes halogenated alkanes) is 22. The van der Waals surface area contributed by atoms with Crippen LogP contribution < -0.4 is 0 Å². The van der Waals surface area contributed by atoms with Gasteiger partial charge in [-0.05, 0) is 51.4 Å². The van der Waals surface area contributed by atoms with E-state index in [4.69, 9.17) is 9.47 Å². The summed E-state index contributed by atoms with van der Waals surface area (Å²) in [4.78, 5) is 24.0. The van der Waals surface area contributed by atoms with Gasteiger partial charge in [-0.2, -0.15) is 0 Å². The second kappa shape index (κ2) is 41.3. The van der Waals surface area contributed by atoms with E-state index in [0.717, 1.165) is 64.2 Å². The summed E-state index contributed by atoms with van der Waals surface area (Å²) in [6.45, 7) is 4.16. The molecule has 0 aromatic heterocycles. The monoisotopic (exact) mass is 701 g/mol. The predicted octanol–water partition coefficient (Wildman–Crippen LogP) is 13.4. The van der Waals surface area contributed by atoms with Gasteiger partial charge in [0.2, 0.25) is 0 Å². The predicted molar refractivity (Wildman–Crippen MR) is 214 cm³/mol. The number of hydrogen-bond donors (Lipinski definition) is 1. The van der Waals surface area contributed by atoms with Crippen molar-refractivity contribution >= 4 is 11.9 Å². The van der Waals surface area contributed by atoms with Crippen LogP contribution in [0.15, 0.2) is 48.6 Å². The molecule has 5 nitrogen and oxygen atoms in total. The third-order valence-electron chi connectivity index (χ3n) is 9.08. The van der Waals surface area contributed by atoms with Crippen molar-refractivity contribution in [2.24, 2.45) is 0 Å². The maximum atomic E-state index is 12.0. The van der Waals surface area contributed by atoms with Crippen LogP contribution in [0, 0.1) is 0 Å². The highest BCUT2D eigenvalue weighted by molar-refractivity contribution is 5.69. The summed E-state index contributed by atoms with van der Waals surface area (Å²) in [5.41, 5.74) is 0. The maximum absolute atomic E-state index is 12.0. The van der Waals surface area contributed by atoms with Gasteiger partial charge < -0.3 is 14.6 Å². The fraction of sp³-hybridized carbons (Fsp3) is 0.778. The molecule has 0 bridgehead atoms. The SMILES string of the molecule is CC/C=C\C/C=C\C/C=C\C/C=C\CCCCC(=O)OC[C@H](O)COC(=O)CCCCCCCCCCCCCCCCCCCCCCC. The summed E-state index contributed by atoms with van der Waals surface area (Å²) >= 11 is 0. The summed E-state index contributed by atoms with van der Waals surface area (Å²) in [7, 11) is 0. The zero-order valence-electron chi connectivity index (χ0n) is 32.9. The number of rotatable bonds is 38. The lowest BCUT2D eigenvalue weighted by atomic mass is 10.0. The van der Waals surface area contributed by atoms with Crippen LogP contribution in [0.25, 0.3) is 0 Å². The molecule has 0 rings (SSSR count). The Bertz CT molecular complexity index is 842. The van der Waals surface area contributed by atoms with Gasteiger partial charge in [0, 0.05) is 12.8 Å².